The predicted octanol–water partition coefficient (Wildman–Crippen LogP) is 3.82. The first-order valence-electron chi connectivity index (χ1n) is 7.15. The van der Waals surface area contributed by atoms with Crippen LogP contribution in [0.15, 0.2) is 35.1 Å². The van der Waals surface area contributed by atoms with Crippen molar-refractivity contribution in [3.63, 3.8) is 0 Å². The van der Waals surface area contributed by atoms with Crippen molar-refractivity contribution in [1.82, 2.24) is 15.2 Å². The summed E-state index contributed by atoms with van der Waals surface area (Å²) in [6.07, 6.45) is 2.64. The number of nitrogens with one attached hydrogen (secondary N) is 1. The number of pyridine rings is 1. The molecule has 0 atom stereocenters. The maximum absolute atomic E-state index is 5.41. The third-order valence-electron chi connectivity index (χ3n) is 4.11. The zero-order chi connectivity index (χ0) is 16.0. The second-order valence-electron chi connectivity index (χ2n) is 5.34. The topological polar surface area (TPSA) is 60.0 Å². The predicted molar refractivity (Wildman–Crippen MR) is 90.9 cm³/mol. The molecule has 2 aromatic heterocycles. The number of benzene rings is 1. The minimum atomic E-state index is 0.723. The van der Waals surface area contributed by atoms with E-state index in [0.717, 1.165) is 45.0 Å². The summed E-state index contributed by atoms with van der Waals surface area (Å²) < 4.78 is 11.6. The number of aromatic amines is 1. The largest absolute Gasteiger partial charge is 0.493 e. The van der Waals surface area contributed by atoms with Crippen LogP contribution in [0.3, 0.4) is 0 Å². The van der Waals surface area contributed by atoms with Crippen molar-refractivity contribution in [2.24, 2.45) is 0 Å². The van der Waals surface area contributed by atoms with Gasteiger partial charge in [0.05, 0.1) is 25.6 Å². The van der Waals surface area contributed by atoms with E-state index in [-0.39, 0.29) is 0 Å². The molecule has 0 spiro atoms. The molecule has 23 heavy (non-hydrogen) atoms. The van der Waals surface area contributed by atoms with Crippen molar-refractivity contribution in [3.05, 3.63) is 46.2 Å². The first-order valence-corrected chi connectivity index (χ1v) is 7.95. The van der Waals surface area contributed by atoms with Gasteiger partial charge in [-0.1, -0.05) is 0 Å². The molecule has 0 bridgehead atoms. The Morgan fingerprint density at radius 2 is 1.91 bits per heavy atom. The number of H-pyrrole nitrogens is 1. The number of fused-ring (bicyclic) bond motifs is 3. The number of nitrogens with zero attached hydrogens (tertiary/aromatic N) is 2. The van der Waals surface area contributed by atoms with E-state index >= 15 is 0 Å². The van der Waals surface area contributed by atoms with Crippen molar-refractivity contribution in [1.29, 1.82) is 0 Å². The van der Waals surface area contributed by atoms with Crippen LogP contribution in [-0.2, 0) is 6.42 Å². The number of ether oxygens (including phenoxy) is 2. The Labute approximate surface area is 141 Å². The number of hydrogen-bond donors (Lipinski definition) is 1. The summed E-state index contributed by atoms with van der Waals surface area (Å²) in [6.45, 7) is 0. The number of methoxy groups -OCH3 is 2. The standard InChI is InChI=1S/C17H14BrN3O2/c1-22-13-6-10-5-12-16(9-3-4-15(18)19-8-9)20-21-17(12)11(10)7-14(13)23-2/h3-4,6-8H,5H2,1-2H3,(H,20,21). The van der Waals surface area contributed by atoms with Gasteiger partial charge in [-0.05, 0) is 45.8 Å². The number of halogens is 1. The van der Waals surface area contributed by atoms with E-state index < -0.39 is 0 Å². The van der Waals surface area contributed by atoms with E-state index in [1.165, 1.54) is 11.1 Å². The fourth-order valence-electron chi connectivity index (χ4n) is 3.01. The molecule has 0 saturated carbocycles. The zero-order valence-electron chi connectivity index (χ0n) is 12.7. The molecular formula is C17H14BrN3O2. The Kier molecular flexibility index (Phi) is 3.34. The summed E-state index contributed by atoms with van der Waals surface area (Å²) in [7, 11) is 3.30. The van der Waals surface area contributed by atoms with Gasteiger partial charge in [-0.15, -0.1) is 0 Å². The van der Waals surface area contributed by atoms with Crippen molar-refractivity contribution in [3.8, 4) is 34.0 Å². The highest BCUT2D eigenvalue weighted by Gasteiger charge is 2.27. The molecule has 5 nitrogen and oxygen atoms in total. The highest BCUT2D eigenvalue weighted by molar-refractivity contribution is 9.10. The maximum Gasteiger partial charge on any atom is 0.161 e. The highest BCUT2D eigenvalue weighted by atomic mass is 79.9. The third-order valence-corrected chi connectivity index (χ3v) is 4.58. The highest BCUT2D eigenvalue weighted by Crippen LogP contribution is 2.44. The number of hydrogen-bond acceptors (Lipinski definition) is 4. The molecule has 1 N–H and O–H groups in total. The molecule has 116 valence electrons. The number of rotatable bonds is 3. The van der Waals surface area contributed by atoms with Crippen LogP contribution in [0.2, 0.25) is 0 Å². The Bertz CT molecular complexity index is 888. The second kappa shape index (κ2) is 5.38. The Morgan fingerprint density at radius 1 is 1.13 bits per heavy atom. The van der Waals surface area contributed by atoms with E-state index in [4.69, 9.17) is 9.47 Å². The van der Waals surface area contributed by atoms with Crippen LogP contribution in [0.4, 0.5) is 0 Å². The lowest BCUT2D eigenvalue weighted by molar-refractivity contribution is 0.355. The van der Waals surface area contributed by atoms with Crippen molar-refractivity contribution in [2.45, 2.75) is 6.42 Å². The van der Waals surface area contributed by atoms with Gasteiger partial charge >= 0.3 is 0 Å². The average molecular weight is 372 g/mol. The van der Waals surface area contributed by atoms with E-state index in [1.54, 1.807) is 14.2 Å². The van der Waals surface area contributed by atoms with Gasteiger partial charge in [-0.25, -0.2) is 4.98 Å². The van der Waals surface area contributed by atoms with Crippen molar-refractivity contribution < 1.29 is 9.47 Å². The normalized spacial score (nSPS) is 12.0. The zero-order valence-corrected chi connectivity index (χ0v) is 14.3. The molecule has 0 amide bonds. The Balaban J connectivity index is 1.82. The summed E-state index contributed by atoms with van der Waals surface area (Å²) in [5.74, 6) is 1.47. The molecule has 0 unspecified atom stereocenters. The molecule has 0 aliphatic heterocycles. The van der Waals surface area contributed by atoms with Gasteiger partial charge in [0.2, 0.25) is 0 Å². The molecule has 0 saturated heterocycles. The van der Waals surface area contributed by atoms with Crippen molar-refractivity contribution >= 4 is 15.9 Å². The van der Waals surface area contributed by atoms with Crippen LogP contribution in [0.5, 0.6) is 11.5 Å². The summed E-state index contributed by atoms with van der Waals surface area (Å²) >= 11 is 3.36. The molecule has 3 aromatic rings. The lowest BCUT2D eigenvalue weighted by Crippen LogP contribution is -1.93. The van der Waals surface area contributed by atoms with Crippen LogP contribution in [0.1, 0.15) is 11.1 Å². The van der Waals surface area contributed by atoms with Gasteiger partial charge in [0.15, 0.2) is 11.5 Å². The summed E-state index contributed by atoms with van der Waals surface area (Å²) in [5.41, 5.74) is 6.48. The van der Waals surface area contributed by atoms with Gasteiger partial charge in [0.25, 0.3) is 0 Å². The van der Waals surface area contributed by atoms with Gasteiger partial charge < -0.3 is 9.47 Å². The summed E-state index contributed by atoms with van der Waals surface area (Å²) in [6, 6.07) is 7.97. The third kappa shape index (κ3) is 2.21. The summed E-state index contributed by atoms with van der Waals surface area (Å²) in [4.78, 5) is 4.29. The molecule has 1 aromatic carbocycles. The Hall–Kier alpha value is -2.34. The average Bonchev–Trinajstić information content (AvgIpc) is 3.13. The smallest absolute Gasteiger partial charge is 0.161 e. The van der Waals surface area contributed by atoms with E-state index in [0.29, 0.717) is 0 Å². The molecular weight excluding hydrogens is 358 g/mol. The number of aromatic nitrogens is 3. The molecule has 0 fully saturated rings. The first-order chi connectivity index (χ1) is 11.2. The monoisotopic (exact) mass is 371 g/mol. The van der Waals surface area contributed by atoms with Gasteiger partial charge in [-0.3, -0.25) is 5.10 Å². The second-order valence-corrected chi connectivity index (χ2v) is 6.15. The van der Waals surface area contributed by atoms with Crippen LogP contribution in [-0.4, -0.2) is 29.4 Å². The molecule has 1 aliphatic carbocycles. The van der Waals surface area contributed by atoms with Crippen molar-refractivity contribution in [2.75, 3.05) is 14.2 Å². The first kappa shape index (κ1) is 14.3. The fraction of sp³-hybridized carbons (Fsp3) is 0.176. The maximum atomic E-state index is 5.41. The molecule has 2 heterocycles. The van der Waals surface area contributed by atoms with E-state index in [1.807, 2.05) is 30.5 Å². The lowest BCUT2D eigenvalue weighted by Gasteiger charge is -2.10. The van der Waals surface area contributed by atoms with Crippen LogP contribution >= 0.6 is 15.9 Å². The quantitative estimate of drug-likeness (QED) is 0.556. The minimum Gasteiger partial charge on any atom is -0.493 e. The molecule has 0 radical (unpaired) electrons. The van der Waals surface area contributed by atoms with Gasteiger partial charge in [-0.2, -0.15) is 5.10 Å². The van der Waals surface area contributed by atoms with Crippen LogP contribution in [0, 0.1) is 0 Å². The van der Waals surface area contributed by atoms with Gasteiger partial charge in [0.1, 0.15) is 4.60 Å². The van der Waals surface area contributed by atoms with E-state index in [2.05, 4.69) is 31.1 Å². The van der Waals surface area contributed by atoms with Crippen LogP contribution < -0.4 is 9.47 Å². The Morgan fingerprint density at radius 3 is 2.61 bits per heavy atom. The SMILES string of the molecule is COc1cc2c(cc1OC)-c1[nH]nc(-c3ccc(Br)nc3)c1C2. The van der Waals surface area contributed by atoms with E-state index in [9.17, 15) is 0 Å². The molecule has 1 aliphatic rings. The molecule has 4 rings (SSSR count). The minimum absolute atomic E-state index is 0.723. The molecule has 6 heteroatoms. The van der Waals surface area contributed by atoms with Crippen LogP contribution in [0.25, 0.3) is 22.5 Å². The fourth-order valence-corrected chi connectivity index (χ4v) is 3.24. The lowest BCUT2D eigenvalue weighted by atomic mass is 10.1. The summed E-state index contributed by atoms with van der Waals surface area (Å²) in [5, 5.41) is 7.64. The van der Waals surface area contributed by atoms with Gasteiger partial charge in [0, 0.05) is 29.3 Å².